The highest BCUT2D eigenvalue weighted by molar-refractivity contribution is 5.91. The first-order valence-corrected chi connectivity index (χ1v) is 4.70. The van der Waals surface area contributed by atoms with Gasteiger partial charge in [0.05, 0.1) is 17.6 Å². The van der Waals surface area contributed by atoms with Crippen LogP contribution in [-0.2, 0) is 4.74 Å². The number of esters is 1. The average molecular weight is 224 g/mol. The average Bonchev–Trinajstić information content (AvgIpc) is 2.28. The minimum absolute atomic E-state index is 0.134. The molecule has 1 aromatic carbocycles. The lowest BCUT2D eigenvalue weighted by molar-refractivity contribution is -0.384. The zero-order chi connectivity index (χ0) is 12.1. The van der Waals surface area contributed by atoms with E-state index in [1.807, 2.05) is 6.92 Å². The van der Waals surface area contributed by atoms with Crippen LogP contribution in [0.3, 0.4) is 0 Å². The molecule has 1 N–H and O–H groups in total. The van der Waals surface area contributed by atoms with Crippen molar-refractivity contribution in [2.45, 2.75) is 6.92 Å². The van der Waals surface area contributed by atoms with Gasteiger partial charge in [-0.15, -0.1) is 0 Å². The Morgan fingerprint density at radius 1 is 1.56 bits per heavy atom. The third kappa shape index (κ3) is 2.47. The first kappa shape index (κ1) is 12.0. The van der Waals surface area contributed by atoms with Crippen LogP contribution in [0, 0.1) is 10.1 Å². The van der Waals surface area contributed by atoms with Gasteiger partial charge in [-0.2, -0.15) is 0 Å². The summed E-state index contributed by atoms with van der Waals surface area (Å²) in [7, 11) is 1.23. The molecule has 1 aromatic rings. The van der Waals surface area contributed by atoms with Crippen LogP contribution in [0.25, 0.3) is 0 Å². The van der Waals surface area contributed by atoms with Gasteiger partial charge in [-0.1, -0.05) is 0 Å². The Kier molecular flexibility index (Phi) is 3.82. The molecule has 0 bridgehead atoms. The highest BCUT2D eigenvalue weighted by atomic mass is 16.6. The number of methoxy groups -OCH3 is 1. The van der Waals surface area contributed by atoms with E-state index in [9.17, 15) is 14.9 Å². The largest absolute Gasteiger partial charge is 0.465 e. The summed E-state index contributed by atoms with van der Waals surface area (Å²) in [6.45, 7) is 2.40. The van der Waals surface area contributed by atoms with Gasteiger partial charge >= 0.3 is 5.97 Å². The fraction of sp³-hybridized carbons (Fsp3) is 0.300. The summed E-state index contributed by atoms with van der Waals surface area (Å²) in [6, 6.07) is 4.18. The minimum atomic E-state index is -0.592. The van der Waals surface area contributed by atoms with Crippen LogP contribution in [0.2, 0.25) is 0 Å². The highest BCUT2D eigenvalue weighted by Gasteiger charge is 2.17. The molecule has 86 valence electrons. The maximum atomic E-state index is 11.2. The van der Waals surface area contributed by atoms with Crippen molar-refractivity contribution in [3.8, 4) is 0 Å². The Hall–Kier alpha value is -2.11. The number of carbonyl (C=O) groups excluding carboxylic acids is 1. The van der Waals surface area contributed by atoms with Crippen molar-refractivity contribution in [3.63, 3.8) is 0 Å². The number of hydrogen-bond acceptors (Lipinski definition) is 5. The highest BCUT2D eigenvalue weighted by Crippen LogP contribution is 2.25. The topological polar surface area (TPSA) is 81.5 Å². The number of benzene rings is 1. The minimum Gasteiger partial charge on any atom is -0.465 e. The molecule has 0 aliphatic heterocycles. The molecule has 0 amide bonds. The van der Waals surface area contributed by atoms with Gasteiger partial charge in [-0.05, 0) is 19.1 Å². The van der Waals surface area contributed by atoms with Gasteiger partial charge < -0.3 is 10.1 Å². The summed E-state index contributed by atoms with van der Waals surface area (Å²) < 4.78 is 4.49. The number of nitro groups is 1. The summed E-state index contributed by atoms with van der Waals surface area (Å²) in [5, 5.41) is 13.6. The van der Waals surface area contributed by atoms with Crippen LogP contribution in [-0.4, -0.2) is 24.5 Å². The summed E-state index contributed by atoms with van der Waals surface area (Å²) in [5.74, 6) is -0.592. The lowest BCUT2D eigenvalue weighted by atomic mass is 10.1. The van der Waals surface area contributed by atoms with Crippen molar-refractivity contribution < 1.29 is 14.5 Å². The second kappa shape index (κ2) is 5.11. The van der Waals surface area contributed by atoms with Crippen molar-refractivity contribution in [1.29, 1.82) is 0 Å². The van der Waals surface area contributed by atoms with Crippen LogP contribution in [0.15, 0.2) is 18.2 Å². The molecule has 0 fully saturated rings. The zero-order valence-electron chi connectivity index (χ0n) is 9.02. The SMILES string of the molecule is CCNc1ccc(C(=O)OC)cc1[N+](=O)[O-]. The molecule has 0 saturated carbocycles. The van der Waals surface area contributed by atoms with Crippen LogP contribution in [0.1, 0.15) is 17.3 Å². The molecule has 0 radical (unpaired) electrons. The normalized spacial score (nSPS) is 9.62. The lowest BCUT2D eigenvalue weighted by Gasteiger charge is -2.05. The predicted octanol–water partition coefficient (Wildman–Crippen LogP) is 1.81. The van der Waals surface area contributed by atoms with Crippen LogP contribution in [0.5, 0.6) is 0 Å². The fourth-order valence-electron chi connectivity index (χ4n) is 1.27. The molecule has 0 aliphatic carbocycles. The Morgan fingerprint density at radius 2 is 2.25 bits per heavy atom. The maximum absolute atomic E-state index is 11.2. The fourth-order valence-corrected chi connectivity index (χ4v) is 1.27. The quantitative estimate of drug-likeness (QED) is 0.479. The summed E-state index contributed by atoms with van der Waals surface area (Å²) >= 11 is 0. The third-order valence-corrected chi connectivity index (χ3v) is 1.98. The molecule has 0 saturated heterocycles. The molecule has 0 aliphatic rings. The molecule has 16 heavy (non-hydrogen) atoms. The Bertz CT molecular complexity index is 417. The van der Waals surface area contributed by atoms with Gasteiger partial charge in [0.25, 0.3) is 5.69 Å². The first-order chi connectivity index (χ1) is 7.60. The van der Waals surface area contributed by atoms with Gasteiger partial charge in [0.1, 0.15) is 5.69 Å². The molecule has 6 nitrogen and oxygen atoms in total. The number of hydrogen-bond donors (Lipinski definition) is 1. The number of nitrogens with one attached hydrogen (secondary N) is 1. The molecule has 0 atom stereocenters. The molecular formula is C10H12N2O4. The maximum Gasteiger partial charge on any atom is 0.338 e. The number of ether oxygens (including phenoxy) is 1. The van der Waals surface area contributed by atoms with Crippen molar-refractivity contribution >= 4 is 17.3 Å². The van der Waals surface area contributed by atoms with E-state index in [1.165, 1.54) is 25.3 Å². The van der Waals surface area contributed by atoms with Gasteiger partial charge in [0.2, 0.25) is 0 Å². The summed E-state index contributed by atoms with van der Waals surface area (Å²) in [6.07, 6.45) is 0. The van der Waals surface area contributed by atoms with Crippen molar-refractivity contribution in [2.24, 2.45) is 0 Å². The lowest BCUT2D eigenvalue weighted by Crippen LogP contribution is -2.05. The number of anilines is 1. The number of nitro benzene ring substituents is 1. The van der Waals surface area contributed by atoms with E-state index >= 15 is 0 Å². The van der Waals surface area contributed by atoms with Crippen LogP contribution < -0.4 is 5.32 Å². The molecule has 0 unspecified atom stereocenters. The van der Waals surface area contributed by atoms with Gasteiger partial charge in [0.15, 0.2) is 0 Å². The van der Waals surface area contributed by atoms with E-state index in [1.54, 1.807) is 0 Å². The monoisotopic (exact) mass is 224 g/mol. The van der Waals surface area contributed by atoms with E-state index in [2.05, 4.69) is 10.1 Å². The van der Waals surface area contributed by atoms with Crippen LogP contribution in [0.4, 0.5) is 11.4 Å². The van der Waals surface area contributed by atoms with E-state index in [-0.39, 0.29) is 11.3 Å². The second-order valence-electron chi connectivity index (χ2n) is 3.01. The summed E-state index contributed by atoms with van der Waals surface area (Å²) in [5.41, 5.74) is 0.417. The Labute approximate surface area is 92.4 Å². The van der Waals surface area contributed by atoms with E-state index in [0.29, 0.717) is 12.2 Å². The van der Waals surface area contributed by atoms with Crippen molar-refractivity contribution in [3.05, 3.63) is 33.9 Å². The smallest absolute Gasteiger partial charge is 0.338 e. The Morgan fingerprint density at radius 3 is 2.75 bits per heavy atom. The third-order valence-electron chi connectivity index (χ3n) is 1.98. The zero-order valence-corrected chi connectivity index (χ0v) is 9.02. The van der Waals surface area contributed by atoms with Crippen molar-refractivity contribution in [2.75, 3.05) is 19.0 Å². The molecule has 0 spiro atoms. The standard InChI is InChI=1S/C10H12N2O4/c1-3-11-8-5-4-7(10(13)16-2)6-9(8)12(14)15/h4-6,11H,3H2,1-2H3. The van der Waals surface area contributed by atoms with Crippen LogP contribution >= 0.6 is 0 Å². The first-order valence-electron chi connectivity index (χ1n) is 4.70. The van der Waals surface area contributed by atoms with Gasteiger partial charge in [-0.3, -0.25) is 10.1 Å². The number of carbonyl (C=O) groups is 1. The molecule has 1 rings (SSSR count). The van der Waals surface area contributed by atoms with E-state index < -0.39 is 10.9 Å². The molecule has 0 heterocycles. The second-order valence-corrected chi connectivity index (χ2v) is 3.01. The molecule has 6 heteroatoms. The molecular weight excluding hydrogens is 212 g/mol. The van der Waals surface area contributed by atoms with Gasteiger partial charge in [-0.25, -0.2) is 4.79 Å². The van der Waals surface area contributed by atoms with Crippen molar-refractivity contribution in [1.82, 2.24) is 0 Å². The predicted molar refractivity (Wildman–Crippen MR) is 58.6 cm³/mol. The van der Waals surface area contributed by atoms with E-state index in [4.69, 9.17) is 0 Å². The van der Waals surface area contributed by atoms with E-state index in [0.717, 1.165) is 0 Å². The summed E-state index contributed by atoms with van der Waals surface area (Å²) in [4.78, 5) is 21.4. The molecule has 0 aromatic heterocycles. The van der Waals surface area contributed by atoms with Gasteiger partial charge in [0, 0.05) is 12.6 Å². The number of rotatable bonds is 4. The Balaban J connectivity index is 3.17. The number of nitrogens with zero attached hydrogens (tertiary/aromatic N) is 1.